The van der Waals surface area contributed by atoms with Gasteiger partial charge in [-0.2, -0.15) is 11.8 Å². The van der Waals surface area contributed by atoms with Crippen LogP contribution in [0, 0.1) is 5.92 Å². The molecule has 1 N–H and O–H groups in total. The third-order valence-electron chi connectivity index (χ3n) is 2.93. The van der Waals surface area contributed by atoms with Crippen molar-refractivity contribution in [3.63, 3.8) is 0 Å². The van der Waals surface area contributed by atoms with Crippen molar-refractivity contribution in [2.24, 2.45) is 5.92 Å². The van der Waals surface area contributed by atoms with Gasteiger partial charge >= 0.3 is 0 Å². The molecule has 90 valence electrons. The Hall–Kier alpha value is -0.470. The minimum absolute atomic E-state index is 0.498. The Morgan fingerprint density at radius 3 is 2.50 bits per heavy atom. The summed E-state index contributed by atoms with van der Waals surface area (Å²) >= 11 is 1.93. The van der Waals surface area contributed by atoms with Crippen molar-refractivity contribution >= 4 is 11.8 Å². The molecule has 0 aliphatic rings. The highest BCUT2D eigenvalue weighted by atomic mass is 32.2. The van der Waals surface area contributed by atoms with Crippen molar-refractivity contribution in [3.05, 3.63) is 35.9 Å². The Kier molecular flexibility index (Phi) is 6.58. The van der Waals surface area contributed by atoms with Crippen LogP contribution in [0.25, 0.3) is 0 Å². The average molecular weight is 237 g/mol. The molecule has 0 saturated carbocycles. The Balaban J connectivity index is 2.66. The monoisotopic (exact) mass is 237 g/mol. The molecule has 0 fully saturated rings. The zero-order valence-electron chi connectivity index (χ0n) is 10.6. The molecular weight excluding hydrogens is 214 g/mol. The largest absolute Gasteiger partial charge is 0.310 e. The second-order valence-corrected chi connectivity index (χ2v) is 5.19. The number of hydrogen-bond acceptors (Lipinski definition) is 2. The zero-order chi connectivity index (χ0) is 11.8. The molecule has 1 nitrogen and oxygen atoms in total. The molecule has 0 heterocycles. The maximum Gasteiger partial charge on any atom is 0.0346 e. The van der Waals surface area contributed by atoms with E-state index in [1.807, 2.05) is 11.8 Å². The Labute approximate surface area is 104 Å². The lowest BCUT2D eigenvalue weighted by Gasteiger charge is -2.25. The molecule has 0 amide bonds. The molecule has 0 aromatic heterocycles. The fourth-order valence-electron chi connectivity index (χ4n) is 2.00. The van der Waals surface area contributed by atoms with Crippen LogP contribution in [0.3, 0.4) is 0 Å². The van der Waals surface area contributed by atoms with Crippen LogP contribution < -0.4 is 5.32 Å². The van der Waals surface area contributed by atoms with Crippen LogP contribution in [0.5, 0.6) is 0 Å². The molecule has 1 aromatic rings. The van der Waals surface area contributed by atoms with Gasteiger partial charge in [0.1, 0.15) is 0 Å². The predicted octanol–water partition coefficient (Wildman–Crippen LogP) is 3.73. The van der Waals surface area contributed by atoms with Crippen LogP contribution in [-0.2, 0) is 0 Å². The lowest BCUT2D eigenvalue weighted by Crippen LogP contribution is -2.27. The average Bonchev–Trinajstić information content (AvgIpc) is 2.34. The zero-order valence-corrected chi connectivity index (χ0v) is 11.4. The summed E-state index contributed by atoms with van der Waals surface area (Å²) in [6.45, 7) is 5.55. The van der Waals surface area contributed by atoms with Crippen LogP contribution in [0.1, 0.15) is 31.9 Å². The van der Waals surface area contributed by atoms with E-state index in [0.717, 1.165) is 6.54 Å². The topological polar surface area (TPSA) is 12.0 Å². The molecule has 0 radical (unpaired) electrons. The Morgan fingerprint density at radius 2 is 1.94 bits per heavy atom. The van der Waals surface area contributed by atoms with E-state index in [-0.39, 0.29) is 0 Å². The van der Waals surface area contributed by atoms with Crippen molar-refractivity contribution in [1.82, 2.24) is 5.32 Å². The van der Waals surface area contributed by atoms with Gasteiger partial charge in [0.2, 0.25) is 0 Å². The van der Waals surface area contributed by atoms with Gasteiger partial charge in [-0.1, -0.05) is 44.2 Å². The summed E-state index contributed by atoms with van der Waals surface area (Å²) in [4.78, 5) is 0. The van der Waals surface area contributed by atoms with E-state index in [0.29, 0.717) is 12.0 Å². The predicted molar refractivity (Wildman–Crippen MR) is 75.0 cm³/mol. The van der Waals surface area contributed by atoms with Crippen LogP contribution in [-0.4, -0.2) is 18.6 Å². The first-order valence-corrected chi connectivity index (χ1v) is 7.46. The van der Waals surface area contributed by atoms with Crippen molar-refractivity contribution in [1.29, 1.82) is 0 Å². The first-order chi connectivity index (χ1) is 7.79. The summed E-state index contributed by atoms with van der Waals surface area (Å²) in [5, 5.41) is 3.60. The normalized spacial score (nSPS) is 14.7. The third-order valence-corrected chi connectivity index (χ3v) is 3.57. The lowest BCUT2D eigenvalue weighted by molar-refractivity contribution is 0.386. The van der Waals surface area contributed by atoms with Crippen molar-refractivity contribution in [2.45, 2.75) is 26.3 Å². The minimum Gasteiger partial charge on any atom is -0.310 e. The molecule has 0 saturated heterocycles. The second kappa shape index (κ2) is 7.75. The summed E-state index contributed by atoms with van der Waals surface area (Å²) in [6, 6.07) is 11.3. The summed E-state index contributed by atoms with van der Waals surface area (Å²) in [5.74, 6) is 1.94. The number of thioether (sulfide) groups is 1. The Bertz CT molecular complexity index is 273. The molecule has 2 unspecified atom stereocenters. The van der Waals surface area contributed by atoms with Crippen LogP contribution in [0.2, 0.25) is 0 Å². The van der Waals surface area contributed by atoms with Gasteiger partial charge in [0.25, 0.3) is 0 Å². The van der Waals surface area contributed by atoms with Gasteiger partial charge in [0.15, 0.2) is 0 Å². The van der Waals surface area contributed by atoms with Crippen molar-refractivity contribution in [2.75, 3.05) is 18.6 Å². The van der Waals surface area contributed by atoms with E-state index in [4.69, 9.17) is 0 Å². The molecule has 1 aromatic carbocycles. The summed E-state index contributed by atoms with van der Waals surface area (Å²) < 4.78 is 0. The maximum atomic E-state index is 3.60. The van der Waals surface area contributed by atoms with Gasteiger partial charge in [0, 0.05) is 6.04 Å². The van der Waals surface area contributed by atoms with Gasteiger partial charge in [-0.15, -0.1) is 0 Å². The highest BCUT2D eigenvalue weighted by Gasteiger charge is 2.17. The highest BCUT2D eigenvalue weighted by molar-refractivity contribution is 7.98. The van der Waals surface area contributed by atoms with E-state index in [1.165, 1.54) is 17.7 Å². The van der Waals surface area contributed by atoms with E-state index in [2.05, 4.69) is 55.8 Å². The molecular formula is C14H23NS. The van der Waals surface area contributed by atoms with E-state index in [9.17, 15) is 0 Å². The third kappa shape index (κ3) is 4.18. The smallest absolute Gasteiger partial charge is 0.0346 e. The molecule has 16 heavy (non-hydrogen) atoms. The van der Waals surface area contributed by atoms with Gasteiger partial charge < -0.3 is 5.32 Å². The molecule has 0 bridgehead atoms. The van der Waals surface area contributed by atoms with Crippen molar-refractivity contribution in [3.8, 4) is 0 Å². The standard InChI is InChI=1S/C14H23NS/c1-4-15-14(12(2)10-11-16-3)13-8-6-5-7-9-13/h5-9,12,14-15H,4,10-11H2,1-3H3. The minimum atomic E-state index is 0.498. The lowest BCUT2D eigenvalue weighted by atomic mass is 9.92. The van der Waals surface area contributed by atoms with Crippen molar-refractivity contribution < 1.29 is 0 Å². The van der Waals surface area contributed by atoms with E-state index in [1.54, 1.807) is 0 Å². The van der Waals surface area contributed by atoms with Crippen LogP contribution in [0.4, 0.5) is 0 Å². The molecule has 2 heteroatoms. The number of benzene rings is 1. The van der Waals surface area contributed by atoms with E-state index < -0.39 is 0 Å². The fraction of sp³-hybridized carbons (Fsp3) is 0.571. The second-order valence-electron chi connectivity index (χ2n) is 4.20. The maximum absolute atomic E-state index is 3.60. The SMILES string of the molecule is CCNC(c1ccccc1)C(C)CCSC. The van der Waals surface area contributed by atoms with Gasteiger partial charge in [-0.3, -0.25) is 0 Å². The first-order valence-electron chi connectivity index (χ1n) is 6.06. The summed E-state index contributed by atoms with van der Waals surface area (Å²) in [6.07, 6.45) is 3.45. The number of rotatable bonds is 7. The molecule has 0 aliphatic heterocycles. The van der Waals surface area contributed by atoms with Crippen LogP contribution in [0.15, 0.2) is 30.3 Å². The van der Waals surface area contributed by atoms with Gasteiger partial charge in [0.05, 0.1) is 0 Å². The fourth-order valence-corrected chi connectivity index (χ4v) is 2.61. The summed E-state index contributed by atoms with van der Waals surface area (Å²) in [7, 11) is 0. The Morgan fingerprint density at radius 1 is 1.25 bits per heavy atom. The van der Waals surface area contributed by atoms with Gasteiger partial charge in [-0.05, 0) is 36.5 Å². The quantitative estimate of drug-likeness (QED) is 0.775. The van der Waals surface area contributed by atoms with E-state index >= 15 is 0 Å². The molecule has 1 rings (SSSR count). The molecule has 2 atom stereocenters. The summed E-state index contributed by atoms with van der Waals surface area (Å²) in [5.41, 5.74) is 1.41. The molecule has 0 aliphatic carbocycles. The first kappa shape index (κ1) is 13.6. The van der Waals surface area contributed by atoms with Crippen LogP contribution >= 0.6 is 11.8 Å². The van der Waals surface area contributed by atoms with Gasteiger partial charge in [-0.25, -0.2) is 0 Å². The highest BCUT2D eigenvalue weighted by Crippen LogP contribution is 2.25. The number of nitrogens with one attached hydrogen (secondary N) is 1. The molecule has 0 spiro atoms. The number of hydrogen-bond donors (Lipinski definition) is 1.